The minimum atomic E-state index is -0.535. The summed E-state index contributed by atoms with van der Waals surface area (Å²) in [5.41, 5.74) is 3.87. The van der Waals surface area contributed by atoms with Gasteiger partial charge in [0.05, 0.1) is 22.6 Å². The fourth-order valence-electron chi connectivity index (χ4n) is 3.09. The highest BCUT2D eigenvalue weighted by molar-refractivity contribution is 9.10. The molecule has 0 aliphatic rings. The van der Waals surface area contributed by atoms with Gasteiger partial charge >= 0.3 is 0 Å². The van der Waals surface area contributed by atoms with E-state index < -0.39 is 5.91 Å². The fourth-order valence-corrected chi connectivity index (χ4v) is 3.48. The molecule has 0 spiro atoms. The van der Waals surface area contributed by atoms with E-state index in [0.717, 1.165) is 5.56 Å². The van der Waals surface area contributed by atoms with Crippen LogP contribution in [0.25, 0.3) is 10.8 Å². The number of phenols is 1. The number of nitrogens with zero attached hydrogens (tertiary/aromatic N) is 3. The molecule has 1 aromatic heterocycles. The van der Waals surface area contributed by atoms with E-state index in [1.165, 1.54) is 17.0 Å². The number of hydrogen-bond acceptors (Lipinski definition) is 5. The quantitative estimate of drug-likeness (QED) is 0.339. The molecule has 0 saturated carbocycles. The van der Waals surface area contributed by atoms with Gasteiger partial charge in [0.1, 0.15) is 5.75 Å². The lowest BCUT2D eigenvalue weighted by Crippen LogP contribution is -2.29. The number of carbonyl (C=O) groups excluding carboxylic acids is 1. The van der Waals surface area contributed by atoms with Gasteiger partial charge in [0, 0.05) is 5.39 Å². The van der Waals surface area contributed by atoms with Crippen LogP contribution in [-0.2, 0) is 6.54 Å². The van der Waals surface area contributed by atoms with E-state index in [1.807, 2.05) is 30.3 Å². The maximum atomic E-state index is 12.9. The monoisotopic (exact) mass is 476 g/mol. The molecule has 0 saturated heterocycles. The van der Waals surface area contributed by atoms with Crippen molar-refractivity contribution < 1.29 is 9.90 Å². The number of carbonyl (C=O) groups is 1. The molecule has 154 valence electrons. The Kier molecular flexibility index (Phi) is 5.90. The summed E-state index contributed by atoms with van der Waals surface area (Å²) in [5, 5.41) is 18.7. The van der Waals surface area contributed by atoms with Gasteiger partial charge in [-0.15, -0.1) is 0 Å². The summed E-state index contributed by atoms with van der Waals surface area (Å²) in [5.74, 6) is -0.426. The molecule has 0 aliphatic heterocycles. The average Bonchev–Trinajstić information content (AvgIpc) is 2.79. The molecule has 2 N–H and O–H groups in total. The van der Waals surface area contributed by atoms with E-state index in [1.54, 1.807) is 36.4 Å². The molecule has 8 heteroatoms. The first-order valence-corrected chi connectivity index (χ1v) is 10.2. The van der Waals surface area contributed by atoms with Crippen molar-refractivity contribution in [1.29, 1.82) is 0 Å². The molecule has 4 aromatic rings. The minimum absolute atomic E-state index is 0.107. The molecule has 0 fully saturated rings. The summed E-state index contributed by atoms with van der Waals surface area (Å²) >= 11 is 3.23. The maximum absolute atomic E-state index is 12.9. The molecule has 0 bridgehead atoms. The van der Waals surface area contributed by atoms with Crippen molar-refractivity contribution in [3.63, 3.8) is 0 Å². The average molecular weight is 477 g/mol. The van der Waals surface area contributed by atoms with E-state index in [4.69, 9.17) is 0 Å². The van der Waals surface area contributed by atoms with Crippen molar-refractivity contribution in [2.45, 2.75) is 6.54 Å². The van der Waals surface area contributed by atoms with Crippen LogP contribution in [0.1, 0.15) is 21.6 Å². The lowest BCUT2D eigenvalue weighted by molar-refractivity contribution is 0.0949. The molecule has 7 nitrogen and oxygen atoms in total. The molecular formula is C23H17BrN4O3. The summed E-state index contributed by atoms with van der Waals surface area (Å²) in [4.78, 5) is 25.7. The van der Waals surface area contributed by atoms with Crippen LogP contribution in [0, 0.1) is 0 Å². The van der Waals surface area contributed by atoms with Crippen LogP contribution in [-0.4, -0.2) is 27.0 Å². The Morgan fingerprint density at radius 2 is 1.77 bits per heavy atom. The first kappa shape index (κ1) is 20.5. The number of hydrogen-bond donors (Lipinski definition) is 2. The van der Waals surface area contributed by atoms with Gasteiger partial charge in [0.2, 0.25) is 0 Å². The van der Waals surface area contributed by atoms with Gasteiger partial charge in [-0.3, -0.25) is 9.59 Å². The van der Waals surface area contributed by atoms with Gasteiger partial charge in [-0.25, -0.2) is 10.1 Å². The number of amides is 1. The fraction of sp³-hybridized carbons (Fsp3) is 0.0435. The van der Waals surface area contributed by atoms with Crippen LogP contribution in [0.3, 0.4) is 0 Å². The second-order valence-electron chi connectivity index (χ2n) is 6.75. The van der Waals surface area contributed by atoms with Crippen molar-refractivity contribution in [2.75, 3.05) is 0 Å². The van der Waals surface area contributed by atoms with Gasteiger partial charge in [-0.2, -0.15) is 10.2 Å². The number of phenolic OH excluding ortho intramolecular Hbond substituents is 1. The molecule has 3 aromatic carbocycles. The number of benzene rings is 3. The number of hydrazone groups is 1. The van der Waals surface area contributed by atoms with Crippen LogP contribution in [0.5, 0.6) is 5.75 Å². The maximum Gasteiger partial charge on any atom is 0.292 e. The van der Waals surface area contributed by atoms with Crippen LogP contribution >= 0.6 is 15.9 Å². The van der Waals surface area contributed by atoms with E-state index in [9.17, 15) is 14.7 Å². The molecule has 0 atom stereocenters. The Labute approximate surface area is 185 Å². The molecule has 31 heavy (non-hydrogen) atoms. The van der Waals surface area contributed by atoms with Gasteiger partial charge in [0.25, 0.3) is 11.5 Å². The molecule has 1 amide bonds. The predicted molar refractivity (Wildman–Crippen MR) is 122 cm³/mol. The van der Waals surface area contributed by atoms with E-state index in [0.29, 0.717) is 20.8 Å². The van der Waals surface area contributed by atoms with Gasteiger partial charge in [-0.1, -0.05) is 48.5 Å². The van der Waals surface area contributed by atoms with Gasteiger partial charge < -0.3 is 5.11 Å². The van der Waals surface area contributed by atoms with Crippen LogP contribution in [0.15, 0.2) is 87.2 Å². The first-order chi connectivity index (χ1) is 15.0. The van der Waals surface area contributed by atoms with E-state index >= 15 is 0 Å². The zero-order chi connectivity index (χ0) is 21.8. The van der Waals surface area contributed by atoms with Crippen molar-refractivity contribution in [2.24, 2.45) is 5.10 Å². The highest BCUT2D eigenvalue weighted by Gasteiger charge is 2.16. The molecule has 0 aliphatic carbocycles. The third kappa shape index (κ3) is 4.54. The number of nitrogens with one attached hydrogen (secondary N) is 1. The van der Waals surface area contributed by atoms with Crippen molar-refractivity contribution >= 4 is 38.8 Å². The summed E-state index contributed by atoms with van der Waals surface area (Å²) in [6.07, 6.45) is 1.45. The molecule has 0 unspecified atom stereocenters. The smallest absolute Gasteiger partial charge is 0.292 e. The van der Waals surface area contributed by atoms with Gasteiger partial charge in [-0.05, 0) is 51.3 Å². The predicted octanol–water partition coefficient (Wildman–Crippen LogP) is 3.68. The number of halogens is 1. The molecule has 1 heterocycles. The van der Waals surface area contributed by atoms with E-state index in [2.05, 4.69) is 31.6 Å². The Morgan fingerprint density at radius 1 is 1.06 bits per heavy atom. The van der Waals surface area contributed by atoms with Crippen molar-refractivity contribution in [3.8, 4) is 5.75 Å². The first-order valence-electron chi connectivity index (χ1n) is 9.38. The second-order valence-corrected chi connectivity index (χ2v) is 7.61. The molecule has 4 rings (SSSR count). The number of fused-ring (bicyclic) bond motifs is 1. The Morgan fingerprint density at radius 3 is 2.52 bits per heavy atom. The zero-order valence-electron chi connectivity index (χ0n) is 16.2. The van der Waals surface area contributed by atoms with Crippen LogP contribution in [0.2, 0.25) is 0 Å². The lowest BCUT2D eigenvalue weighted by Gasteiger charge is -2.10. The zero-order valence-corrected chi connectivity index (χ0v) is 17.8. The molecule has 0 radical (unpaired) electrons. The third-order valence-corrected chi connectivity index (χ3v) is 5.24. The van der Waals surface area contributed by atoms with Crippen molar-refractivity contribution in [3.05, 3.63) is 104 Å². The number of aromatic hydroxyl groups is 1. The topological polar surface area (TPSA) is 96.6 Å². The number of aromatic nitrogens is 2. The lowest BCUT2D eigenvalue weighted by atomic mass is 10.1. The Hall–Kier alpha value is -3.78. The van der Waals surface area contributed by atoms with Crippen LogP contribution in [0.4, 0.5) is 0 Å². The number of rotatable bonds is 5. The summed E-state index contributed by atoms with van der Waals surface area (Å²) in [6.45, 7) is 0.246. The second kappa shape index (κ2) is 8.93. The highest BCUT2D eigenvalue weighted by atomic mass is 79.9. The largest absolute Gasteiger partial charge is 0.507 e. The van der Waals surface area contributed by atoms with Gasteiger partial charge in [0.15, 0.2) is 5.69 Å². The van der Waals surface area contributed by atoms with E-state index in [-0.39, 0.29) is 23.5 Å². The molecular weight excluding hydrogens is 460 g/mol. The standard InChI is InChI=1S/C23H17BrN4O3/c24-19-12-16(10-11-20(19)29)13-25-26-22(30)21-17-8-4-5-9-18(17)23(31)28(27-21)14-15-6-2-1-3-7-15/h1-13,29H,14H2,(H,26,30)/b25-13+. The highest BCUT2D eigenvalue weighted by Crippen LogP contribution is 2.23. The van der Waals surface area contributed by atoms with Crippen LogP contribution < -0.4 is 11.0 Å². The third-order valence-electron chi connectivity index (χ3n) is 4.61. The summed E-state index contributed by atoms with van der Waals surface area (Å²) in [7, 11) is 0. The normalized spacial score (nSPS) is 11.1. The minimum Gasteiger partial charge on any atom is -0.507 e. The van der Waals surface area contributed by atoms with Crippen molar-refractivity contribution in [1.82, 2.24) is 15.2 Å². The summed E-state index contributed by atoms with van der Waals surface area (Å²) in [6, 6.07) is 21.1. The Bertz CT molecular complexity index is 1350. The summed E-state index contributed by atoms with van der Waals surface area (Å²) < 4.78 is 1.80. The SMILES string of the molecule is O=C(N/N=C/c1ccc(O)c(Br)c1)c1nn(Cc2ccccc2)c(=O)c2ccccc12. The Balaban J connectivity index is 1.66.